The largest absolute Gasteiger partial charge is 0.384 e. The summed E-state index contributed by atoms with van der Waals surface area (Å²) >= 11 is 0. The maximum absolute atomic E-state index is 5.41. The van der Waals surface area contributed by atoms with Gasteiger partial charge in [-0.25, -0.2) is 0 Å². The topological polar surface area (TPSA) is 37.4 Å². The number of fused-ring (bicyclic) bond motifs is 2. The molecule has 4 rings (SSSR count). The summed E-state index contributed by atoms with van der Waals surface area (Å²) in [6, 6.07) is 8.53. The van der Waals surface area contributed by atoms with Crippen LogP contribution in [0.3, 0.4) is 0 Å². The molecule has 4 nitrogen and oxygen atoms in total. The van der Waals surface area contributed by atoms with E-state index in [4.69, 9.17) is 9.72 Å². The van der Waals surface area contributed by atoms with Crippen molar-refractivity contribution < 1.29 is 4.74 Å². The van der Waals surface area contributed by atoms with Gasteiger partial charge < -0.3 is 10.1 Å². The van der Waals surface area contributed by atoms with Crippen molar-refractivity contribution in [2.45, 2.75) is 25.7 Å². The van der Waals surface area contributed by atoms with Crippen LogP contribution in [0.5, 0.6) is 0 Å². The number of aromatic nitrogens is 1. The van der Waals surface area contributed by atoms with E-state index in [-0.39, 0.29) is 0 Å². The second-order valence-electron chi connectivity index (χ2n) is 6.52. The SMILES string of the molecule is c1ccc2c(NCCCN3CCOCC3)c3c(nc2c1)CCC3. The molecule has 23 heavy (non-hydrogen) atoms. The number of nitrogens with zero attached hydrogens (tertiary/aromatic N) is 2. The molecular weight excluding hydrogens is 286 g/mol. The van der Waals surface area contributed by atoms with Gasteiger partial charge in [0.25, 0.3) is 0 Å². The number of aryl methyl sites for hydroxylation is 1. The molecule has 1 aromatic heterocycles. The van der Waals surface area contributed by atoms with Crippen molar-refractivity contribution in [3.8, 4) is 0 Å². The Morgan fingerprint density at radius 2 is 2.00 bits per heavy atom. The minimum atomic E-state index is 0.885. The molecule has 0 atom stereocenters. The maximum Gasteiger partial charge on any atom is 0.0726 e. The van der Waals surface area contributed by atoms with Crippen LogP contribution in [0.25, 0.3) is 10.9 Å². The van der Waals surface area contributed by atoms with E-state index in [1.165, 1.54) is 41.6 Å². The van der Waals surface area contributed by atoms with E-state index in [0.29, 0.717) is 0 Å². The van der Waals surface area contributed by atoms with E-state index in [0.717, 1.165) is 51.3 Å². The first-order chi connectivity index (χ1) is 11.4. The zero-order chi connectivity index (χ0) is 15.5. The van der Waals surface area contributed by atoms with Crippen LogP contribution in [0.15, 0.2) is 24.3 Å². The standard InChI is InChI=1S/C19H25N3O/c1-2-7-17-15(5-1)19(16-6-3-8-18(16)21-17)20-9-4-10-22-11-13-23-14-12-22/h1-2,5,7H,3-4,6,8-14H2,(H,20,21). The van der Waals surface area contributed by atoms with Crippen molar-refractivity contribution in [2.24, 2.45) is 0 Å². The summed E-state index contributed by atoms with van der Waals surface area (Å²) in [6.07, 6.45) is 4.70. The van der Waals surface area contributed by atoms with Crippen LogP contribution in [0.4, 0.5) is 5.69 Å². The van der Waals surface area contributed by atoms with Crippen molar-refractivity contribution in [3.05, 3.63) is 35.5 Å². The first-order valence-electron chi connectivity index (χ1n) is 8.86. The van der Waals surface area contributed by atoms with Gasteiger partial charge in [0.2, 0.25) is 0 Å². The van der Waals surface area contributed by atoms with Crippen LogP contribution in [0, 0.1) is 0 Å². The monoisotopic (exact) mass is 311 g/mol. The summed E-state index contributed by atoms with van der Waals surface area (Å²) in [5.74, 6) is 0. The molecule has 0 spiro atoms. The molecule has 1 N–H and O–H groups in total. The van der Waals surface area contributed by atoms with Gasteiger partial charge in [0.15, 0.2) is 0 Å². The lowest BCUT2D eigenvalue weighted by molar-refractivity contribution is 0.0378. The molecule has 0 saturated carbocycles. The molecule has 1 saturated heterocycles. The third-order valence-corrected chi connectivity index (χ3v) is 4.98. The number of nitrogens with one attached hydrogen (secondary N) is 1. The summed E-state index contributed by atoms with van der Waals surface area (Å²) in [4.78, 5) is 7.36. The quantitative estimate of drug-likeness (QED) is 0.862. The van der Waals surface area contributed by atoms with Gasteiger partial charge in [0, 0.05) is 36.4 Å². The Kier molecular flexibility index (Phi) is 4.44. The number of anilines is 1. The highest BCUT2D eigenvalue weighted by Gasteiger charge is 2.19. The summed E-state index contributed by atoms with van der Waals surface area (Å²) in [5, 5.41) is 5.01. The fourth-order valence-corrected chi connectivity index (χ4v) is 3.75. The highest BCUT2D eigenvalue weighted by atomic mass is 16.5. The first-order valence-corrected chi connectivity index (χ1v) is 8.86. The molecule has 0 unspecified atom stereocenters. The molecule has 0 radical (unpaired) electrons. The molecule has 1 aliphatic carbocycles. The Balaban J connectivity index is 1.45. The zero-order valence-electron chi connectivity index (χ0n) is 13.7. The highest BCUT2D eigenvalue weighted by Crippen LogP contribution is 2.33. The van der Waals surface area contributed by atoms with Crippen LogP contribution < -0.4 is 5.32 Å². The Bertz CT molecular complexity index is 680. The van der Waals surface area contributed by atoms with E-state index >= 15 is 0 Å². The van der Waals surface area contributed by atoms with E-state index in [1.54, 1.807) is 0 Å². The van der Waals surface area contributed by atoms with Crippen molar-refractivity contribution in [3.63, 3.8) is 0 Å². The predicted molar refractivity (Wildman–Crippen MR) is 94.1 cm³/mol. The lowest BCUT2D eigenvalue weighted by Gasteiger charge is -2.26. The van der Waals surface area contributed by atoms with Crippen molar-refractivity contribution >= 4 is 16.6 Å². The third kappa shape index (κ3) is 3.19. The van der Waals surface area contributed by atoms with E-state index in [1.807, 2.05) is 0 Å². The Hall–Kier alpha value is -1.65. The lowest BCUT2D eigenvalue weighted by Crippen LogP contribution is -2.37. The minimum Gasteiger partial charge on any atom is -0.384 e. The van der Waals surface area contributed by atoms with E-state index in [9.17, 15) is 0 Å². The minimum absolute atomic E-state index is 0.885. The number of pyridine rings is 1. The molecule has 0 amide bonds. The summed E-state index contributed by atoms with van der Waals surface area (Å²) in [5.41, 5.74) is 5.23. The molecule has 4 heteroatoms. The van der Waals surface area contributed by atoms with Crippen molar-refractivity contribution in [2.75, 3.05) is 44.7 Å². The number of hydrogen-bond donors (Lipinski definition) is 1. The van der Waals surface area contributed by atoms with Gasteiger partial charge in [-0.1, -0.05) is 18.2 Å². The maximum atomic E-state index is 5.41. The average Bonchev–Trinajstić information content (AvgIpc) is 3.07. The van der Waals surface area contributed by atoms with E-state index in [2.05, 4.69) is 34.5 Å². The molecule has 2 heterocycles. The van der Waals surface area contributed by atoms with Crippen LogP contribution in [0.2, 0.25) is 0 Å². The molecule has 1 aromatic carbocycles. The molecule has 0 bridgehead atoms. The Labute approximate surface area is 137 Å². The molecule has 2 aromatic rings. The Morgan fingerprint density at radius 1 is 1.13 bits per heavy atom. The number of morpholine rings is 1. The number of ether oxygens (including phenoxy) is 1. The molecule has 1 aliphatic heterocycles. The van der Waals surface area contributed by atoms with Crippen LogP contribution in [-0.4, -0.2) is 49.3 Å². The zero-order valence-corrected chi connectivity index (χ0v) is 13.7. The van der Waals surface area contributed by atoms with Crippen LogP contribution >= 0.6 is 0 Å². The predicted octanol–water partition coefficient (Wildman–Crippen LogP) is 2.86. The number of benzene rings is 1. The van der Waals surface area contributed by atoms with Gasteiger partial charge >= 0.3 is 0 Å². The van der Waals surface area contributed by atoms with Gasteiger partial charge in [-0.2, -0.15) is 0 Å². The normalized spacial score (nSPS) is 18.3. The summed E-state index contributed by atoms with van der Waals surface area (Å²) < 4.78 is 5.41. The lowest BCUT2D eigenvalue weighted by atomic mass is 10.1. The number of rotatable bonds is 5. The highest BCUT2D eigenvalue weighted by molar-refractivity contribution is 5.93. The van der Waals surface area contributed by atoms with Crippen molar-refractivity contribution in [1.29, 1.82) is 0 Å². The smallest absolute Gasteiger partial charge is 0.0726 e. The number of hydrogen-bond acceptors (Lipinski definition) is 4. The summed E-state index contributed by atoms with van der Waals surface area (Å²) in [6.45, 7) is 6.10. The second-order valence-corrected chi connectivity index (χ2v) is 6.52. The van der Waals surface area contributed by atoms with Gasteiger partial charge in [0.1, 0.15) is 0 Å². The average molecular weight is 311 g/mol. The van der Waals surface area contributed by atoms with Crippen molar-refractivity contribution in [1.82, 2.24) is 9.88 Å². The molecule has 122 valence electrons. The molecule has 2 aliphatic rings. The van der Waals surface area contributed by atoms with Crippen LogP contribution in [0.1, 0.15) is 24.1 Å². The van der Waals surface area contributed by atoms with Gasteiger partial charge in [-0.15, -0.1) is 0 Å². The summed E-state index contributed by atoms with van der Waals surface area (Å²) in [7, 11) is 0. The van der Waals surface area contributed by atoms with Crippen LogP contribution in [-0.2, 0) is 17.6 Å². The van der Waals surface area contributed by atoms with E-state index < -0.39 is 0 Å². The molecule has 1 fully saturated rings. The number of para-hydroxylation sites is 1. The Morgan fingerprint density at radius 3 is 2.91 bits per heavy atom. The second kappa shape index (κ2) is 6.85. The van der Waals surface area contributed by atoms with Gasteiger partial charge in [-0.3, -0.25) is 9.88 Å². The fourth-order valence-electron chi connectivity index (χ4n) is 3.75. The molecular formula is C19H25N3O. The first kappa shape index (κ1) is 14.9. The third-order valence-electron chi connectivity index (χ3n) is 4.98. The van der Waals surface area contributed by atoms with Gasteiger partial charge in [-0.05, 0) is 43.9 Å². The van der Waals surface area contributed by atoms with Gasteiger partial charge in [0.05, 0.1) is 18.7 Å². The fraction of sp³-hybridized carbons (Fsp3) is 0.526.